The van der Waals surface area contributed by atoms with Crippen LogP contribution in [0.15, 0.2) is 42.5 Å². The number of fused-ring (bicyclic) bond motifs is 1. The highest BCUT2D eigenvalue weighted by Gasteiger charge is 2.39. The van der Waals surface area contributed by atoms with Gasteiger partial charge in [0.2, 0.25) is 17.7 Å². The lowest BCUT2D eigenvalue weighted by Crippen LogP contribution is -2.45. The third-order valence-corrected chi connectivity index (χ3v) is 7.55. The summed E-state index contributed by atoms with van der Waals surface area (Å²) in [5, 5.41) is 11.2. The van der Waals surface area contributed by atoms with Gasteiger partial charge >= 0.3 is 0 Å². The summed E-state index contributed by atoms with van der Waals surface area (Å²) >= 11 is 0. The molecule has 2 aliphatic rings. The van der Waals surface area contributed by atoms with E-state index in [-0.39, 0.29) is 30.1 Å². The van der Waals surface area contributed by atoms with Crippen molar-refractivity contribution >= 4 is 28.8 Å². The molecule has 2 aromatic rings. The van der Waals surface area contributed by atoms with Crippen LogP contribution in [0.3, 0.4) is 0 Å². The van der Waals surface area contributed by atoms with Crippen LogP contribution in [0.1, 0.15) is 57.4 Å². The quantitative estimate of drug-likeness (QED) is 0.499. The molecule has 0 saturated carbocycles. The Hall–Kier alpha value is -3.49. The third-order valence-electron chi connectivity index (χ3n) is 7.55. The maximum Gasteiger partial charge on any atom is 0.243 e. The van der Waals surface area contributed by atoms with Crippen molar-refractivity contribution in [1.29, 1.82) is 0 Å². The zero-order valence-electron chi connectivity index (χ0n) is 22.0. The Labute approximate surface area is 218 Å². The minimum absolute atomic E-state index is 0.0570. The molecule has 0 unspecified atom stereocenters. The van der Waals surface area contributed by atoms with E-state index in [4.69, 9.17) is 0 Å². The smallest absolute Gasteiger partial charge is 0.243 e. The summed E-state index contributed by atoms with van der Waals surface area (Å²) in [6, 6.07) is 5.29. The number of benzene rings is 1. The Kier molecular flexibility index (Phi) is 8.74. The Bertz CT molecular complexity index is 1180. The maximum atomic E-state index is 13.3. The molecule has 0 radical (unpaired) electrons. The van der Waals surface area contributed by atoms with Gasteiger partial charge in [0, 0.05) is 46.1 Å². The van der Waals surface area contributed by atoms with Gasteiger partial charge in [0.15, 0.2) is 0 Å². The Morgan fingerprint density at radius 3 is 2.65 bits per heavy atom. The summed E-state index contributed by atoms with van der Waals surface area (Å²) in [5.41, 5.74) is 3.75. The van der Waals surface area contributed by atoms with Crippen molar-refractivity contribution in [2.45, 2.75) is 64.5 Å². The molecule has 9 nitrogen and oxygen atoms in total. The first-order valence-electron chi connectivity index (χ1n) is 13.3. The number of nitrogens with zero attached hydrogens (tertiary/aromatic N) is 5. The van der Waals surface area contributed by atoms with Crippen molar-refractivity contribution in [3.05, 3.63) is 48.1 Å². The lowest BCUT2D eigenvalue weighted by atomic mass is 9.96. The number of aryl methyl sites for hydroxylation is 1. The summed E-state index contributed by atoms with van der Waals surface area (Å²) < 4.78 is 1.71. The van der Waals surface area contributed by atoms with Crippen LogP contribution in [0.5, 0.6) is 0 Å². The molecule has 37 heavy (non-hydrogen) atoms. The van der Waals surface area contributed by atoms with Crippen LogP contribution < -0.4 is 5.32 Å². The van der Waals surface area contributed by atoms with E-state index in [1.54, 1.807) is 9.58 Å². The van der Waals surface area contributed by atoms with Gasteiger partial charge in [0.25, 0.3) is 0 Å². The fraction of sp³-hybridized carbons (Fsp3) is 0.536. The first-order chi connectivity index (χ1) is 17.9. The summed E-state index contributed by atoms with van der Waals surface area (Å²) in [6.45, 7) is 8.39. The number of aromatic nitrogens is 3. The maximum absolute atomic E-state index is 13.3. The second kappa shape index (κ2) is 12.2. The molecule has 4 rings (SSSR count). The molecule has 0 bridgehead atoms. The van der Waals surface area contributed by atoms with E-state index in [2.05, 4.69) is 22.2 Å². The van der Waals surface area contributed by atoms with Crippen LogP contribution >= 0.6 is 0 Å². The van der Waals surface area contributed by atoms with Gasteiger partial charge in [-0.25, -0.2) is 4.68 Å². The highest BCUT2D eigenvalue weighted by molar-refractivity contribution is 5.88. The zero-order valence-corrected chi connectivity index (χ0v) is 22.0. The molecule has 3 amide bonds. The molecule has 198 valence electrons. The molecule has 2 fully saturated rings. The van der Waals surface area contributed by atoms with Crippen molar-refractivity contribution in [2.24, 2.45) is 13.0 Å². The molecular weight excluding hydrogens is 468 g/mol. The standard InChI is InChI=1S/C28H38N6O3/c1-4-20(5-2)15-22-17-25(28(37)29-18-21-11-12-24-23(16-21)30-31-32(24)3)34(19-22)27(36)10-8-9-26(35)33-13-6-7-14-33/h4-5,11-12,16,22,25H,1,6-10,13-15,17-19H2,2-3H3,(H,29,37)/b20-5+/t22-,25+/m1/s1. The molecule has 1 aromatic heterocycles. The van der Waals surface area contributed by atoms with Gasteiger partial charge in [-0.1, -0.05) is 35.6 Å². The summed E-state index contributed by atoms with van der Waals surface area (Å²) in [6.07, 6.45) is 8.54. The Balaban J connectivity index is 1.37. The normalized spacial score (nSPS) is 20.0. The average Bonchev–Trinajstić information content (AvgIpc) is 3.66. The lowest BCUT2D eigenvalue weighted by molar-refractivity contribution is -0.139. The van der Waals surface area contributed by atoms with Gasteiger partial charge in [0.1, 0.15) is 11.6 Å². The number of carbonyl (C=O) groups excluding carboxylic acids is 3. The van der Waals surface area contributed by atoms with E-state index in [1.165, 1.54) is 0 Å². The van der Waals surface area contributed by atoms with E-state index in [9.17, 15) is 14.4 Å². The van der Waals surface area contributed by atoms with Gasteiger partial charge in [-0.15, -0.1) is 5.10 Å². The SMILES string of the molecule is C=C/C(=C\C)C[C@@H]1C[C@@H](C(=O)NCc2ccc3c(c2)nnn3C)N(C(=O)CCCC(=O)N2CCCC2)C1. The molecule has 2 aliphatic heterocycles. The first kappa shape index (κ1) is 26.6. The van der Waals surface area contributed by atoms with Gasteiger partial charge < -0.3 is 15.1 Å². The number of amides is 3. The minimum Gasteiger partial charge on any atom is -0.350 e. The largest absolute Gasteiger partial charge is 0.350 e. The Morgan fingerprint density at radius 1 is 1.16 bits per heavy atom. The highest BCUT2D eigenvalue weighted by atomic mass is 16.2. The molecule has 1 N–H and O–H groups in total. The van der Waals surface area contributed by atoms with Crippen molar-refractivity contribution in [2.75, 3.05) is 19.6 Å². The van der Waals surface area contributed by atoms with Crippen LogP contribution in [0.25, 0.3) is 11.0 Å². The van der Waals surface area contributed by atoms with E-state index in [0.29, 0.717) is 32.4 Å². The molecule has 1 aromatic carbocycles. The monoisotopic (exact) mass is 506 g/mol. The predicted molar refractivity (Wildman–Crippen MR) is 142 cm³/mol. The molecular formula is C28H38N6O3. The number of rotatable bonds is 10. The molecule has 3 heterocycles. The van der Waals surface area contributed by atoms with Crippen LogP contribution in [-0.4, -0.2) is 68.2 Å². The fourth-order valence-electron chi connectivity index (χ4n) is 5.41. The van der Waals surface area contributed by atoms with Crippen LogP contribution in [0.4, 0.5) is 0 Å². The minimum atomic E-state index is -0.519. The summed E-state index contributed by atoms with van der Waals surface area (Å²) in [4.78, 5) is 42.5. The number of nitrogens with one attached hydrogen (secondary N) is 1. The third kappa shape index (κ3) is 6.45. The molecule has 0 aliphatic carbocycles. The molecule has 2 atom stereocenters. The van der Waals surface area contributed by atoms with Crippen molar-refractivity contribution in [3.8, 4) is 0 Å². The number of carbonyl (C=O) groups is 3. The predicted octanol–water partition coefficient (Wildman–Crippen LogP) is 3.12. The summed E-state index contributed by atoms with van der Waals surface area (Å²) in [7, 11) is 1.84. The zero-order chi connectivity index (χ0) is 26.4. The van der Waals surface area contributed by atoms with Gasteiger partial charge in [-0.05, 0) is 62.6 Å². The van der Waals surface area contributed by atoms with Crippen LogP contribution in [-0.2, 0) is 28.0 Å². The fourth-order valence-corrected chi connectivity index (χ4v) is 5.41. The lowest BCUT2D eigenvalue weighted by Gasteiger charge is -2.24. The Morgan fingerprint density at radius 2 is 1.92 bits per heavy atom. The molecule has 0 spiro atoms. The number of likely N-dealkylation sites (tertiary alicyclic amines) is 2. The molecule has 2 saturated heterocycles. The number of allylic oxidation sites excluding steroid dienone is 3. The second-order valence-electron chi connectivity index (χ2n) is 10.1. The second-order valence-corrected chi connectivity index (χ2v) is 10.1. The van der Waals surface area contributed by atoms with Gasteiger partial charge in [0.05, 0.1) is 5.52 Å². The highest BCUT2D eigenvalue weighted by Crippen LogP contribution is 2.30. The van der Waals surface area contributed by atoms with Crippen LogP contribution in [0, 0.1) is 5.92 Å². The van der Waals surface area contributed by atoms with Crippen molar-refractivity contribution < 1.29 is 14.4 Å². The topological polar surface area (TPSA) is 100 Å². The summed E-state index contributed by atoms with van der Waals surface area (Å²) in [5.74, 6) is 0.107. The van der Waals surface area contributed by atoms with E-state index >= 15 is 0 Å². The van der Waals surface area contributed by atoms with E-state index in [0.717, 1.165) is 54.5 Å². The van der Waals surface area contributed by atoms with Gasteiger partial charge in [-0.3, -0.25) is 14.4 Å². The number of hydrogen-bond donors (Lipinski definition) is 1. The first-order valence-corrected chi connectivity index (χ1v) is 13.3. The van der Waals surface area contributed by atoms with E-state index in [1.807, 2.05) is 49.2 Å². The van der Waals surface area contributed by atoms with Gasteiger partial charge in [-0.2, -0.15) is 0 Å². The van der Waals surface area contributed by atoms with E-state index < -0.39 is 6.04 Å². The molecule has 9 heteroatoms. The average molecular weight is 507 g/mol. The van der Waals surface area contributed by atoms with Crippen molar-refractivity contribution in [1.82, 2.24) is 30.1 Å². The number of hydrogen-bond acceptors (Lipinski definition) is 5. The van der Waals surface area contributed by atoms with Crippen molar-refractivity contribution in [3.63, 3.8) is 0 Å². The van der Waals surface area contributed by atoms with Crippen LogP contribution in [0.2, 0.25) is 0 Å².